The average Bonchev–Trinajstić information content (AvgIpc) is 4.10. The number of aromatic nitrogens is 4. The number of nitrogens with zero attached hydrogens (tertiary/aromatic N) is 5. The second-order valence-corrected chi connectivity index (χ2v) is 15.9. The smallest absolute Gasteiger partial charge is 0.410 e. The number of amides is 3. The zero-order chi connectivity index (χ0) is 43.1. The number of nitrogens with one attached hydrogen (secondary N) is 2. The third kappa shape index (κ3) is 9.71. The summed E-state index contributed by atoms with van der Waals surface area (Å²) >= 11 is 0. The summed E-state index contributed by atoms with van der Waals surface area (Å²) in [7, 11) is 3.93. The number of methoxy groups -OCH3 is 3. The zero-order valence-electron chi connectivity index (χ0n) is 35.2. The number of esters is 2. The van der Waals surface area contributed by atoms with Crippen LogP contribution in [0.3, 0.4) is 0 Å². The first-order valence-electron chi connectivity index (χ1n) is 20.2. The Balaban J connectivity index is 1.11. The Morgan fingerprint density at radius 3 is 1.60 bits per heavy atom. The van der Waals surface area contributed by atoms with Gasteiger partial charge in [0.05, 0.1) is 89.0 Å². The van der Waals surface area contributed by atoms with E-state index >= 15 is 0 Å². The van der Waals surface area contributed by atoms with Crippen molar-refractivity contribution in [2.45, 2.75) is 65.5 Å². The van der Waals surface area contributed by atoms with E-state index in [9.17, 15) is 24.0 Å². The third-order valence-corrected chi connectivity index (χ3v) is 11.4. The van der Waals surface area contributed by atoms with Crippen LogP contribution in [0.5, 0.6) is 0 Å². The normalized spacial score (nSPS) is 17.3. The molecule has 0 unspecified atom stereocenters. The van der Waals surface area contributed by atoms with Crippen LogP contribution < -0.4 is 0 Å². The zero-order valence-corrected chi connectivity index (χ0v) is 35.2. The number of rotatable bonds is 12. The summed E-state index contributed by atoms with van der Waals surface area (Å²) in [6.45, 7) is 8.44. The fraction of sp³-hybridized carbons (Fsp3) is 0.444. The second-order valence-electron chi connectivity index (χ2n) is 15.9. The highest BCUT2D eigenvalue weighted by atomic mass is 16.5. The van der Waals surface area contributed by atoms with Crippen LogP contribution in [0.15, 0.2) is 60.9 Å². The van der Waals surface area contributed by atoms with E-state index in [0.29, 0.717) is 12.4 Å². The molecule has 15 heteroatoms. The van der Waals surface area contributed by atoms with E-state index < -0.39 is 29.9 Å². The molecular formula is C45H53N7O8. The summed E-state index contributed by atoms with van der Waals surface area (Å²) < 4.78 is 14.7. The van der Waals surface area contributed by atoms with Gasteiger partial charge in [-0.15, -0.1) is 0 Å². The SMILES string of the molecule is COC(=O)C[C@H](C(=O)N1CCC[C@H]1c1ncc(-c2ccc(C#Cc3ccc(-c4cnc([C@@H]5CN(C(=O)OC)CN5C(=O)[C@@H](CC(=O)OC)C(C)C)[nH]4)cc3)cc2)[nH]1)C(C)C. The van der Waals surface area contributed by atoms with E-state index in [1.165, 1.54) is 26.2 Å². The maximum atomic E-state index is 13.8. The largest absolute Gasteiger partial charge is 0.469 e. The molecule has 3 amide bonds. The van der Waals surface area contributed by atoms with Crippen molar-refractivity contribution in [3.05, 3.63) is 83.7 Å². The number of likely N-dealkylation sites (tertiary alicyclic amines) is 1. The van der Waals surface area contributed by atoms with E-state index in [1.54, 1.807) is 17.3 Å². The van der Waals surface area contributed by atoms with Gasteiger partial charge in [-0.2, -0.15) is 0 Å². The lowest BCUT2D eigenvalue weighted by Gasteiger charge is -2.29. The second kappa shape index (κ2) is 19.1. The van der Waals surface area contributed by atoms with E-state index in [1.807, 2.05) is 81.1 Å². The molecule has 15 nitrogen and oxygen atoms in total. The number of imidazole rings is 2. The lowest BCUT2D eigenvalue weighted by Crippen LogP contribution is -2.41. The predicted octanol–water partition coefficient (Wildman–Crippen LogP) is 6.11. The first-order valence-corrected chi connectivity index (χ1v) is 20.2. The molecule has 2 N–H and O–H groups in total. The Hall–Kier alpha value is -6.43. The van der Waals surface area contributed by atoms with E-state index in [4.69, 9.17) is 14.2 Å². The molecule has 0 spiro atoms. The van der Waals surface area contributed by atoms with Crippen molar-refractivity contribution < 1.29 is 38.2 Å². The van der Waals surface area contributed by atoms with Gasteiger partial charge in [0.1, 0.15) is 17.7 Å². The van der Waals surface area contributed by atoms with Gasteiger partial charge in [0.25, 0.3) is 0 Å². The number of ether oxygens (including phenoxy) is 3. The lowest BCUT2D eigenvalue weighted by molar-refractivity contribution is -0.148. The van der Waals surface area contributed by atoms with Gasteiger partial charge in [-0.3, -0.25) is 24.1 Å². The number of benzene rings is 2. The summed E-state index contributed by atoms with van der Waals surface area (Å²) in [6.07, 6.45) is 4.55. The van der Waals surface area contributed by atoms with Gasteiger partial charge >= 0.3 is 18.0 Å². The van der Waals surface area contributed by atoms with Gasteiger partial charge in [0.2, 0.25) is 11.8 Å². The number of hydrogen-bond donors (Lipinski definition) is 2. The summed E-state index contributed by atoms with van der Waals surface area (Å²) in [5.74, 6) is 5.26. The van der Waals surface area contributed by atoms with Crippen molar-refractivity contribution in [1.29, 1.82) is 0 Å². The van der Waals surface area contributed by atoms with Crippen molar-refractivity contribution in [1.82, 2.24) is 34.6 Å². The van der Waals surface area contributed by atoms with Gasteiger partial charge in [0.15, 0.2) is 0 Å². The van der Waals surface area contributed by atoms with Crippen LogP contribution >= 0.6 is 0 Å². The van der Waals surface area contributed by atoms with Crippen LogP contribution in [0.2, 0.25) is 0 Å². The fourth-order valence-corrected chi connectivity index (χ4v) is 7.77. The van der Waals surface area contributed by atoms with Gasteiger partial charge in [-0.25, -0.2) is 14.8 Å². The highest BCUT2D eigenvalue weighted by Crippen LogP contribution is 2.35. The van der Waals surface area contributed by atoms with Gasteiger partial charge in [0, 0.05) is 17.7 Å². The highest BCUT2D eigenvalue weighted by molar-refractivity contribution is 5.86. The maximum Gasteiger partial charge on any atom is 0.410 e. The molecule has 4 atom stereocenters. The number of hydrogen-bond acceptors (Lipinski definition) is 10. The Bertz CT molecular complexity index is 2230. The summed E-state index contributed by atoms with van der Waals surface area (Å²) in [5, 5.41) is 0. The van der Waals surface area contributed by atoms with Gasteiger partial charge in [-0.1, -0.05) is 63.8 Å². The topological polar surface area (TPSA) is 180 Å². The minimum atomic E-state index is -0.638. The molecule has 6 rings (SSSR count). The summed E-state index contributed by atoms with van der Waals surface area (Å²) in [4.78, 5) is 85.0. The van der Waals surface area contributed by atoms with Gasteiger partial charge in [-0.05, 0) is 60.1 Å². The molecule has 2 fully saturated rings. The molecule has 4 heterocycles. The van der Waals surface area contributed by atoms with Crippen molar-refractivity contribution in [3.8, 4) is 34.4 Å². The number of carbonyl (C=O) groups is 5. The first kappa shape index (κ1) is 43.2. The third-order valence-electron chi connectivity index (χ3n) is 11.4. The molecule has 316 valence electrons. The lowest BCUT2D eigenvalue weighted by atomic mass is 9.91. The summed E-state index contributed by atoms with van der Waals surface area (Å²) in [6, 6.07) is 14.8. The van der Waals surface area contributed by atoms with Crippen molar-refractivity contribution in [3.63, 3.8) is 0 Å². The molecular weight excluding hydrogens is 767 g/mol. The molecule has 0 radical (unpaired) electrons. The molecule has 2 aliphatic heterocycles. The number of aromatic amines is 2. The monoisotopic (exact) mass is 819 g/mol. The predicted molar refractivity (Wildman–Crippen MR) is 221 cm³/mol. The van der Waals surface area contributed by atoms with Crippen LogP contribution in [0.1, 0.15) is 88.2 Å². The van der Waals surface area contributed by atoms with E-state index in [-0.39, 0.29) is 61.7 Å². The first-order chi connectivity index (χ1) is 28.8. The summed E-state index contributed by atoms with van der Waals surface area (Å²) in [5.41, 5.74) is 5.01. The molecule has 0 aliphatic carbocycles. The highest BCUT2D eigenvalue weighted by Gasteiger charge is 2.43. The Kier molecular flexibility index (Phi) is 13.7. The van der Waals surface area contributed by atoms with Crippen LogP contribution in [-0.2, 0) is 33.4 Å². The molecule has 0 bridgehead atoms. The Morgan fingerprint density at radius 1 is 0.683 bits per heavy atom. The fourth-order valence-electron chi connectivity index (χ4n) is 7.77. The number of carbonyl (C=O) groups excluding carboxylic acids is 5. The van der Waals surface area contributed by atoms with Crippen LogP contribution in [0, 0.1) is 35.5 Å². The molecule has 2 aromatic carbocycles. The molecule has 2 saturated heterocycles. The Labute approximate surface area is 350 Å². The van der Waals surface area contributed by atoms with E-state index in [2.05, 4.69) is 31.8 Å². The van der Waals surface area contributed by atoms with E-state index in [0.717, 1.165) is 52.3 Å². The Morgan fingerprint density at radius 2 is 1.15 bits per heavy atom. The minimum Gasteiger partial charge on any atom is -0.469 e. The quantitative estimate of drug-likeness (QED) is 0.0963. The van der Waals surface area contributed by atoms with Gasteiger partial charge < -0.3 is 34.0 Å². The number of H-pyrrole nitrogens is 2. The van der Waals surface area contributed by atoms with Crippen molar-refractivity contribution in [2.75, 3.05) is 41.1 Å². The molecule has 0 saturated carbocycles. The van der Waals surface area contributed by atoms with Crippen LogP contribution in [0.4, 0.5) is 4.79 Å². The van der Waals surface area contributed by atoms with Crippen LogP contribution in [-0.4, -0.2) is 106 Å². The molecule has 2 aromatic heterocycles. The molecule has 2 aliphatic rings. The maximum absolute atomic E-state index is 13.8. The van der Waals surface area contributed by atoms with Crippen molar-refractivity contribution in [2.24, 2.45) is 23.7 Å². The molecule has 4 aromatic rings. The molecule has 60 heavy (non-hydrogen) atoms. The van der Waals surface area contributed by atoms with Crippen molar-refractivity contribution >= 4 is 29.8 Å². The standard InChI is InChI=1S/C45H53N7O8/c1-27(2)33(21-39(53)58-5)43(55)51-20-8-9-37(51)41-46-23-35(48-41)31-16-12-29(13-17-31)10-11-30-14-18-32(19-15-30)36-24-47-42(49-36)38-25-50(45(57)60-7)26-52(38)44(56)34(28(3)4)22-40(54)59-6/h12-19,23-24,27-28,33-34,37-38H,8-9,20-22,25-26H2,1-7H3,(H,46,48)(H,47,49)/t33-,34-,37-,38-/m0/s1. The average molecular weight is 820 g/mol. The minimum absolute atomic E-state index is 0.0000928. The van der Waals surface area contributed by atoms with Crippen LogP contribution in [0.25, 0.3) is 22.5 Å².